The maximum atomic E-state index is 11.7. The minimum Gasteiger partial charge on any atom is -0.497 e. The Hall–Kier alpha value is -2.50. The Morgan fingerprint density at radius 3 is 2.71 bits per heavy atom. The summed E-state index contributed by atoms with van der Waals surface area (Å²) in [6.07, 6.45) is 4.49. The molecular formula is C15H20N4O2. The molecule has 1 aromatic heterocycles. The van der Waals surface area contributed by atoms with Gasteiger partial charge in [0.2, 0.25) is 5.91 Å². The van der Waals surface area contributed by atoms with Gasteiger partial charge in [-0.2, -0.15) is 5.10 Å². The lowest BCUT2D eigenvalue weighted by Gasteiger charge is -2.15. The topological polar surface area (TPSA) is 82.2 Å². The number of amides is 1. The summed E-state index contributed by atoms with van der Waals surface area (Å²) in [6.45, 7) is 2.89. The molecule has 0 aliphatic carbocycles. The zero-order chi connectivity index (χ0) is 15.2. The molecule has 1 aromatic carbocycles. The van der Waals surface area contributed by atoms with Gasteiger partial charge >= 0.3 is 0 Å². The lowest BCUT2D eigenvalue weighted by molar-refractivity contribution is -0.118. The molecule has 0 bridgehead atoms. The Morgan fingerprint density at radius 1 is 1.43 bits per heavy atom. The van der Waals surface area contributed by atoms with Crippen molar-refractivity contribution < 1.29 is 9.53 Å². The monoisotopic (exact) mass is 288 g/mol. The van der Waals surface area contributed by atoms with E-state index in [0.717, 1.165) is 30.0 Å². The number of hydrogen-bond donors (Lipinski definition) is 2. The van der Waals surface area contributed by atoms with E-state index in [-0.39, 0.29) is 0 Å². The van der Waals surface area contributed by atoms with Crippen LogP contribution in [-0.2, 0) is 11.3 Å². The molecule has 2 aromatic rings. The van der Waals surface area contributed by atoms with Crippen LogP contribution in [-0.4, -0.2) is 22.8 Å². The minimum absolute atomic E-state index is 0.443. The first-order valence-electron chi connectivity index (χ1n) is 6.86. The summed E-state index contributed by atoms with van der Waals surface area (Å²) in [7, 11) is 1.61. The van der Waals surface area contributed by atoms with Crippen LogP contribution in [0.25, 0.3) is 0 Å². The summed E-state index contributed by atoms with van der Waals surface area (Å²) in [5.41, 5.74) is 7.04. The lowest BCUT2D eigenvalue weighted by Crippen LogP contribution is -2.27. The van der Waals surface area contributed by atoms with Gasteiger partial charge in [-0.1, -0.05) is 6.92 Å². The Labute approximate surface area is 123 Å². The Morgan fingerprint density at radius 2 is 2.14 bits per heavy atom. The molecule has 0 saturated heterocycles. The summed E-state index contributed by atoms with van der Waals surface area (Å²) in [4.78, 5) is 11.7. The quantitative estimate of drug-likeness (QED) is 0.815. The van der Waals surface area contributed by atoms with Crippen LogP contribution in [0.4, 0.5) is 5.69 Å². The number of rotatable bonds is 7. The van der Waals surface area contributed by atoms with E-state index >= 15 is 0 Å². The molecule has 0 aliphatic heterocycles. The molecule has 0 saturated carbocycles. The van der Waals surface area contributed by atoms with Gasteiger partial charge in [0, 0.05) is 24.0 Å². The summed E-state index contributed by atoms with van der Waals surface area (Å²) in [5.74, 6) is 0.314. The molecule has 3 N–H and O–H groups in total. The van der Waals surface area contributed by atoms with Gasteiger partial charge in [-0.15, -0.1) is 0 Å². The van der Waals surface area contributed by atoms with E-state index in [4.69, 9.17) is 10.5 Å². The lowest BCUT2D eigenvalue weighted by atomic mass is 10.1. The van der Waals surface area contributed by atoms with E-state index in [1.165, 1.54) is 0 Å². The normalized spacial score (nSPS) is 11.9. The molecular weight excluding hydrogens is 268 g/mol. The van der Waals surface area contributed by atoms with Crippen molar-refractivity contribution in [1.29, 1.82) is 0 Å². The van der Waals surface area contributed by atoms with Crippen molar-refractivity contribution >= 4 is 11.6 Å². The number of nitrogens with two attached hydrogens (primary N) is 1. The summed E-state index contributed by atoms with van der Waals surface area (Å²) in [5, 5.41) is 7.35. The van der Waals surface area contributed by atoms with Crippen LogP contribution in [0, 0.1) is 0 Å². The maximum absolute atomic E-state index is 11.7. The predicted octanol–water partition coefficient (Wildman–Crippen LogP) is 1.94. The zero-order valence-electron chi connectivity index (χ0n) is 12.2. The number of nitrogens with one attached hydrogen (secondary N) is 1. The second-order valence-electron chi connectivity index (χ2n) is 4.74. The highest BCUT2D eigenvalue weighted by Crippen LogP contribution is 2.21. The van der Waals surface area contributed by atoms with Crippen LogP contribution in [0.2, 0.25) is 0 Å². The Bertz CT molecular complexity index is 592. The molecule has 21 heavy (non-hydrogen) atoms. The van der Waals surface area contributed by atoms with Gasteiger partial charge in [0.25, 0.3) is 0 Å². The first kappa shape index (κ1) is 14.9. The first-order chi connectivity index (χ1) is 10.1. The Kier molecular flexibility index (Phi) is 4.81. The molecule has 6 nitrogen and oxygen atoms in total. The van der Waals surface area contributed by atoms with Gasteiger partial charge in [0.1, 0.15) is 11.8 Å². The van der Waals surface area contributed by atoms with Crippen LogP contribution in [0.1, 0.15) is 24.9 Å². The third-order valence-electron chi connectivity index (χ3n) is 3.12. The van der Waals surface area contributed by atoms with Crippen LogP contribution in [0.3, 0.4) is 0 Å². The number of aromatic nitrogens is 2. The van der Waals surface area contributed by atoms with E-state index in [0.29, 0.717) is 0 Å². The highest BCUT2D eigenvalue weighted by Gasteiger charge is 2.19. The number of benzene rings is 1. The van der Waals surface area contributed by atoms with E-state index < -0.39 is 11.9 Å². The van der Waals surface area contributed by atoms with E-state index in [1.54, 1.807) is 18.0 Å². The largest absolute Gasteiger partial charge is 0.497 e. The fraction of sp³-hybridized carbons (Fsp3) is 0.333. The molecule has 1 heterocycles. The van der Waals surface area contributed by atoms with E-state index in [9.17, 15) is 4.79 Å². The van der Waals surface area contributed by atoms with Gasteiger partial charge in [0.15, 0.2) is 0 Å². The zero-order valence-corrected chi connectivity index (χ0v) is 12.2. The summed E-state index contributed by atoms with van der Waals surface area (Å²) < 4.78 is 6.91. The molecule has 0 radical (unpaired) electrons. The fourth-order valence-corrected chi connectivity index (χ4v) is 2.05. The van der Waals surface area contributed by atoms with Gasteiger partial charge < -0.3 is 15.8 Å². The van der Waals surface area contributed by atoms with Crippen molar-refractivity contribution in [3.05, 3.63) is 42.2 Å². The number of ether oxygens (including phenoxy) is 1. The summed E-state index contributed by atoms with van der Waals surface area (Å²) in [6, 6.07) is 6.71. The van der Waals surface area contributed by atoms with Gasteiger partial charge in [-0.3, -0.25) is 9.48 Å². The number of primary amides is 1. The van der Waals surface area contributed by atoms with Crippen molar-refractivity contribution in [3.8, 4) is 5.75 Å². The number of methoxy groups -OCH3 is 1. The summed E-state index contributed by atoms with van der Waals surface area (Å²) >= 11 is 0. The molecule has 1 amide bonds. The van der Waals surface area contributed by atoms with E-state index in [1.807, 2.05) is 30.5 Å². The van der Waals surface area contributed by atoms with Crippen molar-refractivity contribution in [2.24, 2.45) is 5.73 Å². The molecule has 6 heteroatoms. The third-order valence-corrected chi connectivity index (χ3v) is 3.12. The molecule has 2 rings (SSSR count). The fourth-order valence-electron chi connectivity index (χ4n) is 2.05. The molecule has 1 unspecified atom stereocenters. The van der Waals surface area contributed by atoms with Crippen LogP contribution in [0.15, 0.2) is 36.7 Å². The second-order valence-corrected chi connectivity index (χ2v) is 4.74. The molecule has 0 aliphatic rings. The van der Waals surface area contributed by atoms with Gasteiger partial charge in [0.05, 0.1) is 13.3 Å². The van der Waals surface area contributed by atoms with Gasteiger partial charge in [-0.25, -0.2) is 0 Å². The van der Waals surface area contributed by atoms with Crippen molar-refractivity contribution in [1.82, 2.24) is 9.78 Å². The number of anilines is 1. The van der Waals surface area contributed by atoms with Crippen LogP contribution >= 0.6 is 0 Å². The SMILES string of the molecule is CCCn1cc(C(Nc2ccc(OC)cc2)C(N)=O)cn1. The molecule has 0 fully saturated rings. The molecule has 0 spiro atoms. The van der Waals surface area contributed by atoms with Crippen molar-refractivity contribution in [2.75, 3.05) is 12.4 Å². The first-order valence-corrected chi connectivity index (χ1v) is 6.86. The molecule has 1 atom stereocenters. The smallest absolute Gasteiger partial charge is 0.244 e. The minimum atomic E-state index is -0.607. The van der Waals surface area contributed by atoms with Crippen molar-refractivity contribution in [3.63, 3.8) is 0 Å². The second kappa shape index (κ2) is 6.78. The van der Waals surface area contributed by atoms with Gasteiger partial charge in [-0.05, 0) is 30.7 Å². The van der Waals surface area contributed by atoms with E-state index in [2.05, 4.69) is 17.3 Å². The van der Waals surface area contributed by atoms with Crippen molar-refractivity contribution in [2.45, 2.75) is 25.9 Å². The van der Waals surface area contributed by atoms with Crippen LogP contribution in [0.5, 0.6) is 5.75 Å². The average molecular weight is 288 g/mol. The number of carbonyl (C=O) groups excluding carboxylic acids is 1. The predicted molar refractivity (Wildman–Crippen MR) is 81.1 cm³/mol. The number of nitrogens with zero attached hydrogens (tertiary/aromatic N) is 2. The molecule has 112 valence electrons. The maximum Gasteiger partial charge on any atom is 0.244 e. The Balaban J connectivity index is 2.15. The average Bonchev–Trinajstić information content (AvgIpc) is 2.93. The number of carbonyl (C=O) groups is 1. The number of aryl methyl sites for hydroxylation is 1. The standard InChI is InChI=1S/C15H20N4O2/c1-3-8-19-10-11(9-17-19)14(15(16)20)18-12-4-6-13(21-2)7-5-12/h4-7,9-10,14,18H,3,8H2,1-2H3,(H2,16,20). The van der Waals surface area contributed by atoms with Crippen LogP contribution < -0.4 is 15.8 Å². The third kappa shape index (κ3) is 3.75. The number of hydrogen-bond acceptors (Lipinski definition) is 4. The highest BCUT2D eigenvalue weighted by molar-refractivity contribution is 5.84. The highest BCUT2D eigenvalue weighted by atomic mass is 16.5.